The van der Waals surface area contributed by atoms with Gasteiger partial charge in [-0.2, -0.15) is 0 Å². The summed E-state index contributed by atoms with van der Waals surface area (Å²) in [6.07, 6.45) is 5.44. The number of hydrogen-bond donors (Lipinski definition) is 1. The summed E-state index contributed by atoms with van der Waals surface area (Å²) in [6.45, 7) is 5.87. The van der Waals surface area contributed by atoms with Gasteiger partial charge >= 0.3 is 0 Å². The Morgan fingerprint density at radius 3 is 2.27 bits per heavy atom. The lowest BCUT2D eigenvalue weighted by molar-refractivity contribution is 1.39. The second kappa shape index (κ2) is 10.2. The highest BCUT2D eigenvalue weighted by molar-refractivity contribution is 9.11. The molecule has 26 heavy (non-hydrogen) atoms. The van der Waals surface area contributed by atoms with E-state index in [2.05, 4.69) is 32.5 Å². The van der Waals surface area contributed by atoms with Crippen LogP contribution in [0.2, 0.25) is 0 Å². The summed E-state index contributed by atoms with van der Waals surface area (Å²) in [5, 5.41) is 8.24. The van der Waals surface area contributed by atoms with Gasteiger partial charge in [0.25, 0.3) is 0 Å². The molecule has 0 aliphatic carbocycles. The average Bonchev–Trinajstić information content (AvgIpc) is 2.66. The molecule has 0 amide bonds. The van der Waals surface area contributed by atoms with Crippen LogP contribution in [0.5, 0.6) is 0 Å². The molecular weight excluding hydrogens is 386 g/mol. The second-order valence-electron chi connectivity index (χ2n) is 5.53. The minimum Gasteiger partial charge on any atom is -0.282 e. The van der Waals surface area contributed by atoms with Gasteiger partial charge in [0, 0.05) is 17.4 Å². The van der Waals surface area contributed by atoms with Crippen LogP contribution in [-0.4, -0.2) is 17.9 Å². The Labute approximate surface area is 162 Å². The van der Waals surface area contributed by atoms with Crippen LogP contribution in [-0.2, 0) is 0 Å². The highest BCUT2D eigenvalue weighted by atomic mass is 79.9. The van der Waals surface area contributed by atoms with Crippen molar-refractivity contribution in [2.45, 2.75) is 6.92 Å². The highest BCUT2D eigenvalue weighted by Gasteiger charge is 2.05. The monoisotopic (exact) mass is 405 g/mol. The summed E-state index contributed by atoms with van der Waals surface area (Å²) >= 11 is 3.24. The van der Waals surface area contributed by atoms with E-state index >= 15 is 0 Å². The maximum absolute atomic E-state index is 8.24. The van der Waals surface area contributed by atoms with Gasteiger partial charge in [0.1, 0.15) is 0 Å². The molecule has 0 fully saturated rings. The number of aliphatic imine (C=N–C) groups is 2. The summed E-state index contributed by atoms with van der Waals surface area (Å²) in [5.41, 5.74) is 3.32. The van der Waals surface area contributed by atoms with Crippen molar-refractivity contribution in [1.82, 2.24) is 0 Å². The largest absolute Gasteiger partial charge is 0.282 e. The van der Waals surface area contributed by atoms with E-state index in [4.69, 9.17) is 5.41 Å². The van der Waals surface area contributed by atoms with E-state index in [-0.39, 0.29) is 5.84 Å². The van der Waals surface area contributed by atoms with E-state index in [1.165, 1.54) is 0 Å². The van der Waals surface area contributed by atoms with Crippen molar-refractivity contribution in [2.24, 2.45) is 9.98 Å². The van der Waals surface area contributed by atoms with Gasteiger partial charge in [-0.25, -0.2) is 9.98 Å². The number of allylic oxidation sites excluding steroid dienone is 2. The molecule has 0 bridgehead atoms. The third-order valence-electron chi connectivity index (χ3n) is 3.42. The summed E-state index contributed by atoms with van der Waals surface area (Å²) in [6, 6.07) is 19.4. The van der Waals surface area contributed by atoms with E-state index in [1.54, 1.807) is 11.2 Å². The third-order valence-corrected chi connectivity index (χ3v) is 3.68. The van der Waals surface area contributed by atoms with Crippen molar-refractivity contribution in [1.29, 1.82) is 5.41 Å². The van der Waals surface area contributed by atoms with Crippen molar-refractivity contribution >= 4 is 33.8 Å². The molecule has 0 saturated carbocycles. The molecule has 2 rings (SSSR count). The number of nitrogens with one attached hydrogen (secondary N) is 1. The van der Waals surface area contributed by atoms with E-state index in [0.717, 1.165) is 16.7 Å². The van der Waals surface area contributed by atoms with Gasteiger partial charge in [0.2, 0.25) is 0 Å². The zero-order valence-corrected chi connectivity index (χ0v) is 16.1. The fraction of sp³-hybridized carbons (Fsp3) is 0.0455. The first-order valence-corrected chi connectivity index (χ1v) is 8.98. The fourth-order valence-corrected chi connectivity index (χ4v) is 2.52. The van der Waals surface area contributed by atoms with Crippen LogP contribution < -0.4 is 0 Å². The molecule has 2 aromatic carbocycles. The molecule has 0 spiro atoms. The molecule has 0 aromatic heterocycles. The number of hydrogen-bond acceptors (Lipinski definition) is 1. The van der Waals surface area contributed by atoms with Gasteiger partial charge in [-0.15, -0.1) is 0 Å². The summed E-state index contributed by atoms with van der Waals surface area (Å²) < 4.78 is 0. The minimum absolute atomic E-state index is 0.0800. The van der Waals surface area contributed by atoms with Crippen LogP contribution in [0.25, 0.3) is 0 Å². The predicted octanol–water partition coefficient (Wildman–Crippen LogP) is 5.94. The predicted molar refractivity (Wildman–Crippen MR) is 116 cm³/mol. The lowest BCUT2D eigenvalue weighted by atomic mass is 10.1. The van der Waals surface area contributed by atoms with E-state index < -0.39 is 0 Å². The van der Waals surface area contributed by atoms with Crippen molar-refractivity contribution in [2.75, 3.05) is 0 Å². The molecule has 130 valence electrons. The fourth-order valence-electron chi connectivity index (χ4n) is 2.10. The van der Waals surface area contributed by atoms with Gasteiger partial charge < -0.3 is 0 Å². The number of rotatable bonds is 5. The molecule has 0 aliphatic heterocycles. The highest BCUT2D eigenvalue weighted by Crippen LogP contribution is 2.09. The first kappa shape index (κ1) is 19.5. The number of nitrogens with zero attached hydrogens (tertiary/aromatic N) is 2. The Kier molecular flexibility index (Phi) is 7.65. The molecule has 1 N–H and O–H groups in total. The summed E-state index contributed by atoms with van der Waals surface area (Å²) in [4.78, 5) is 10.7. The third kappa shape index (κ3) is 6.22. The SMILES string of the molecule is C=C(/C=C(C)\C=C\Br)C(=N)N=C(N=Cc1ccccc1)c1ccccc1. The number of halogens is 1. The van der Waals surface area contributed by atoms with Crippen LogP contribution in [0, 0.1) is 5.41 Å². The van der Waals surface area contributed by atoms with Crippen LogP contribution in [0.3, 0.4) is 0 Å². The summed E-state index contributed by atoms with van der Waals surface area (Å²) in [7, 11) is 0. The Bertz CT molecular complexity index is 876. The summed E-state index contributed by atoms with van der Waals surface area (Å²) in [5.74, 6) is 0.555. The van der Waals surface area contributed by atoms with Crippen LogP contribution in [0.15, 0.2) is 106 Å². The van der Waals surface area contributed by atoms with E-state index in [0.29, 0.717) is 11.4 Å². The molecule has 4 heteroatoms. The quantitative estimate of drug-likeness (QED) is 0.363. The first-order valence-electron chi connectivity index (χ1n) is 8.06. The zero-order valence-electron chi connectivity index (χ0n) is 14.6. The van der Waals surface area contributed by atoms with Crippen molar-refractivity contribution < 1.29 is 0 Å². The molecule has 3 nitrogen and oxygen atoms in total. The van der Waals surface area contributed by atoms with E-state index in [9.17, 15) is 0 Å². The maximum Gasteiger partial charge on any atom is 0.161 e. The molecule has 0 unspecified atom stereocenters. The minimum atomic E-state index is 0.0800. The Morgan fingerprint density at radius 2 is 1.65 bits per heavy atom. The normalized spacial score (nSPS) is 12.7. The van der Waals surface area contributed by atoms with Crippen LogP contribution in [0.1, 0.15) is 18.1 Å². The van der Waals surface area contributed by atoms with Gasteiger partial charge in [-0.3, -0.25) is 5.41 Å². The average molecular weight is 406 g/mol. The van der Waals surface area contributed by atoms with Crippen molar-refractivity contribution in [3.05, 3.63) is 107 Å². The first-order chi connectivity index (χ1) is 12.6. The molecular formula is C22H20BrN3. The molecule has 0 saturated heterocycles. The van der Waals surface area contributed by atoms with Gasteiger partial charge in [-0.1, -0.05) is 89.2 Å². The zero-order chi connectivity index (χ0) is 18.8. The second-order valence-corrected chi connectivity index (χ2v) is 6.05. The van der Waals surface area contributed by atoms with Crippen molar-refractivity contribution in [3.63, 3.8) is 0 Å². The molecule has 2 aromatic rings. The number of amidine groups is 2. The lowest BCUT2D eigenvalue weighted by Gasteiger charge is -2.04. The van der Waals surface area contributed by atoms with Gasteiger partial charge in [0.05, 0.1) is 0 Å². The Morgan fingerprint density at radius 1 is 1.04 bits per heavy atom. The Balaban J connectivity index is 2.33. The smallest absolute Gasteiger partial charge is 0.161 e. The maximum atomic E-state index is 8.24. The van der Waals surface area contributed by atoms with Gasteiger partial charge in [-0.05, 0) is 29.1 Å². The molecule has 0 heterocycles. The molecule has 0 radical (unpaired) electrons. The molecule has 0 aliphatic rings. The standard InChI is InChI=1S/C22H20BrN3/c1-17(13-14-23)15-18(2)21(24)26-22(20-11-7-4-8-12-20)25-16-19-9-5-3-6-10-19/h3-16,24H,2H2,1H3/b14-13+,17-15-,24-21?,25-16?,26-22?. The van der Waals surface area contributed by atoms with Gasteiger partial charge in [0.15, 0.2) is 11.7 Å². The molecule has 0 atom stereocenters. The Hall–Kier alpha value is -2.85. The van der Waals surface area contributed by atoms with E-state index in [1.807, 2.05) is 79.7 Å². The lowest BCUT2D eigenvalue weighted by Crippen LogP contribution is -2.04. The van der Waals surface area contributed by atoms with Crippen LogP contribution >= 0.6 is 15.9 Å². The van der Waals surface area contributed by atoms with Crippen LogP contribution in [0.4, 0.5) is 0 Å². The number of benzene rings is 2. The van der Waals surface area contributed by atoms with Crippen molar-refractivity contribution in [3.8, 4) is 0 Å². The topological polar surface area (TPSA) is 48.6 Å².